The molecule has 2 aliphatic heterocycles. The second-order valence-corrected chi connectivity index (χ2v) is 10.4. The lowest BCUT2D eigenvalue weighted by molar-refractivity contribution is -0.157. The first kappa shape index (κ1) is 20.8. The predicted octanol–water partition coefficient (Wildman–Crippen LogP) is 1.31. The number of rotatable bonds is 7. The van der Waals surface area contributed by atoms with E-state index >= 15 is 0 Å². The lowest BCUT2D eigenvalue weighted by Crippen LogP contribution is -2.47. The van der Waals surface area contributed by atoms with Gasteiger partial charge in [-0.05, 0) is 55.8 Å². The molecule has 6 rings (SSSR count). The molecule has 8 heteroatoms. The molecule has 0 aromatic rings. The number of carbonyl (C=O) groups excluding carboxylic acids is 5. The number of likely N-dealkylation sites (tertiary alicyclic amines) is 2. The van der Waals surface area contributed by atoms with Gasteiger partial charge in [-0.3, -0.25) is 29.0 Å². The molecule has 174 valence electrons. The number of allylic oxidation sites excluding steroid dienone is 4. The summed E-state index contributed by atoms with van der Waals surface area (Å²) in [6, 6.07) is -0.954. The zero-order valence-corrected chi connectivity index (χ0v) is 18.6. The summed E-state index contributed by atoms with van der Waals surface area (Å²) in [4.78, 5) is 67.0. The number of fused-ring (bicyclic) bond motifs is 10. The zero-order valence-electron chi connectivity index (χ0n) is 18.6. The molecule has 9 atom stereocenters. The highest BCUT2D eigenvalue weighted by Crippen LogP contribution is 2.54. The number of carbonyl (C=O) groups is 5. The third-order valence-electron chi connectivity index (χ3n) is 8.96. The molecule has 0 aromatic heterocycles. The van der Waals surface area contributed by atoms with Crippen LogP contribution in [0.15, 0.2) is 24.3 Å². The Hall–Kier alpha value is -2.77. The fourth-order valence-electron chi connectivity index (χ4n) is 7.51. The van der Waals surface area contributed by atoms with Crippen LogP contribution in [-0.4, -0.2) is 59.1 Å². The Bertz CT molecular complexity index is 956. The molecular formula is C25H28N2O6. The van der Waals surface area contributed by atoms with Crippen LogP contribution in [0, 0.1) is 47.3 Å². The van der Waals surface area contributed by atoms with Gasteiger partial charge in [0, 0.05) is 6.54 Å². The monoisotopic (exact) mass is 452 g/mol. The van der Waals surface area contributed by atoms with Crippen LogP contribution < -0.4 is 0 Å². The molecule has 33 heavy (non-hydrogen) atoms. The molecule has 4 amide bonds. The first-order chi connectivity index (χ1) is 15.9. The molecule has 4 aliphatic carbocycles. The number of unbranched alkanes of at least 4 members (excludes halogenated alkanes) is 1. The third kappa shape index (κ3) is 2.78. The SMILES string of the molecule is COC(=O)[C@H](CCCCN1C(=O)[C@@H]2[C@H](C1=O)[C@H]1C=C[C@H]2C1)N1C(=O)[C@@H]2[C@H](C1=O)[C@H]1C=C[C@H]2C1. The van der Waals surface area contributed by atoms with Gasteiger partial charge in [0.05, 0.1) is 30.8 Å². The van der Waals surface area contributed by atoms with Gasteiger partial charge < -0.3 is 4.74 Å². The fourth-order valence-corrected chi connectivity index (χ4v) is 7.51. The highest BCUT2D eigenvalue weighted by atomic mass is 16.5. The lowest BCUT2D eigenvalue weighted by atomic mass is 9.85. The summed E-state index contributed by atoms with van der Waals surface area (Å²) >= 11 is 0. The number of methoxy groups -OCH3 is 1. The van der Waals surface area contributed by atoms with Gasteiger partial charge in [0.25, 0.3) is 0 Å². The molecule has 0 aromatic carbocycles. The van der Waals surface area contributed by atoms with Crippen LogP contribution in [0.25, 0.3) is 0 Å². The van der Waals surface area contributed by atoms with Crippen LogP contribution in [0.4, 0.5) is 0 Å². The summed E-state index contributed by atoms with van der Waals surface area (Å²) in [7, 11) is 1.26. The topological polar surface area (TPSA) is 101 Å². The van der Waals surface area contributed by atoms with E-state index < -0.39 is 12.0 Å². The Morgan fingerprint density at radius 1 is 0.818 bits per heavy atom. The number of nitrogens with zero attached hydrogens (tertiary/aromatic N) is 2. The van der Waals surface area contributed by atoms with Crippen LogP contribution in [0.1, 0.15) is 32.1 Å². The van der Waals surface area contributed by atoms with Crippen molar-refractivity contribution in [2.24, 2.45) is 47.3 Å². The maximum Gasteiger partial charge on any atom is 0.329 e. The molecule has 0 spiro atoms. The number of hydrogen-bond donors (Lipinski definition) is 0. The van der Waals surface area contributed by atoms with Gasteiger partial charge in [-0.2, -0.15) is 0 Å². The minimum Gasteiger partial charge on any atom is -0.467 e. The van der Waals surface area contributed by atoms with E-state index in [0.717, 1.165) is 17.7 Å². The second-order valence-electron chi connectivity index (χ2n) is 10.4. The Morgan fingerprint density at radius 2 is 1.27 bits per heavy atom. The number of hydrogen-bond acceptors (Lipinski definition) is 6. The van der Waals surface area contributed by atoms with Crippen molar-refractivity contribution in [1.82, 2.24) is 9.80 Å². The van der Waals surface area contributed by atoms with Crippen molar-refractivity contribution >= 4 is 29.6 Å². The molecule has 0 N–H and O–H groups in total. The number of esters is 1. The highest BCUT2D eigenvalue weighted by Gasteiger charge is 2.61. The Morgan fingerprint density at radius 3 is 1.73 bits per heavy atom. The van der Waals surface area contributed by atoms with E-state index in [4.69, 9.17) is 4.74 Å². The molecule has 2 saturated heterocycles. The van der Waals surface area contributed by atoms with E-state index in [1.165, 1.54) is 12.0 Å². The first-order valence-electron chi connectivity index (χ1n) is 12.1. The van der Waals surface area contributed by atoms with E-state index in [1.54, 1.807) is 0 Å². The molecule has 8 nitrogen and oxygen atoms in total. The van der Waals surface area contributed by atoms with Crippen molar-refractivity contribution in [3.63, 3.8) is 0 Å². The van der Waals surface area contributed by atoms with Gasteiger partial charge in [-0.25, -0.2) is 4.79 Å². The minimum atomic E-state index is -0.954. The third-order valence-corrected chi connectivity index (χ3v) is 8.96. The van der Waals surface area contributed by atoms with E-state index in [1.807, 2.05) is 12.2 Å². The van der Waals surface area contributed by atoms with Gasteiger partial charge in [0.2, 0.25) is 23.6 Å². The van der Waals surface area contributed by atoms with Crippen molar-refractivity contribution in [3.8, 4) is 0 Å². The van der Waals surface area contributed by atoms with Crippen LogP contribution in [-0.2, 0) is 28.7 Å². The van der Waals surface area contributed by atoms with Crippen LogP contribution in [0.5, 0.6) is 0 Å². The van der Waals surface area contributed by atoms with Crippen molar-refractivity contribution in [1.29, 1.82) is 0 Å². The molecule has 6 aliphatic rings. The van der Waals surface area contributed by atoms with Gasteiger partial charge in [0.1, 0.15) is 6.04 Å². The van der Waals surface area contributed by atoms with Crippen molar-refractivity contribution < 1.29 is 28.7 Å². The molecule has 0 radical (unpaired) electrons. The standard InChI is InChI=1S/C25H28N2O6/c1-33-25(32)16(27-23(30)19-14-7-8-15(11-14)20(19)24(27)31)4-2-3-9-26-21(28)17-12-5-6-13(10-12)18(17)22(26)29/h5-8,12-20H,2-4,9-11H2,1H3/t12-,13-,14-,15-,16-,17-,18+,19-,20+/m0/s1. The second kappa shape index (κ2) is 7.37. The van der Waals surface area contributed by atoms with E-state index in [2.05, 4.69) is 12.2 Å². The van der Waals surface area contributed by atoms with Gasteiger partial charge in [-0.1, -0.05) is 24.3 Å². The quantitative estimate of drug-likeness (QED) is 0.250. The summed E-state index contributed by atoms with van der Waals surface area (Å²) in [6.45, 7) is 0.305. The minimum absolute atomic E-state index is 0.0768. The Balaban J connectivity index is 1.09. The maximum atomic E-state index is 13.1. The first-order valence-corrected chi connectivity index (χ1v) is 12.1. The van der Waals surface area contributed by atoms with Crippen molar-refractivity contribution in [2.75, 3.05) is 13.7 Å². The average molecular weight is 453 g/mol. The van der Waals surface area contributed by atoms with E-state index in [0.29, 0.717) is 19.4 Å². The van der Waals surface area contributed by atoms with E-state index in [9.17, 15) is 24.0 Å². The van der Waals surface area contributed by atoms with Crippen LogP contribution in [0.2, 0.25) is 0 Å². The summed E-state index contributed by atoms with van der Waals surface area (Å²) in [5.41, 5.74) is 0. The van der Waals surface area contributed by atoms with Crippen LogP contribution in [0.3, 0.4) is 0 Å². The number of ether oxygens (including phenoxy) is 1. The smallest absolute Gasteiger partial charge is 0.329 e. The van der Waals surface area contributed by atoms with E-state index in [-0.39, 0.29) is 77.4 Å². The van der Waals surface area contributed by atoms with Gasteiger partial charge >= 0.3 is 5.97 Å². The molecule has 4 bridgehead atoms. The van der Waals surface area contributed by atoms with Gasteiger partial charge in [0.15, 0.2) is 0 Å². The van der Waals surface area contributed by atoms with Crippen LogP contribution >= 0.6 is 0 Å². The zero-order chi connectivity index (χ0) is 23.0. The molecule has 2 saturated carbocycles. The fraction of sp³-hybridized carbons (Fsp3) is 0.640. The van der Waals surface area contributed by atoms with Gasteiger partial charge in [-0.15, -0.1) is 0 Å². The number of amides is 4. The lowest BCUT2D eigenvalue weighted by Gasteiger charge is -2.26. The number of imide groups is 2. The normalized spacial score (nSPS) is 40.4. The highest BCUT2D eigenvalue weighted by molar-refractivity contribution is 6.09. The Kier molecular flexibility index (Phi) is 4.65. The molecular weight excluding hydrogens is 424 g/mol. The summed E-state index contributed by atoms with van der Waals surface area (Å²) in [5.74, 6) is -1.89. The average Bonchev–Trinajstić information content (AvgIpc) is 3.64. The maximum absolute atomic E-state index is 13.1. The molecule has 0 unspecified atom stereocenters. The van der Waals surface area contributed by atoms with Crippen molar-refractivity contribution in [3.05, 3.63) is 24.3 Å². The molecule has 4 fully saturated rings. The molecule has 2 heterocycles. The summed E-state index contributed by atoms with van der Waals surface area (Å²) in [5, 5.41) is 0. The largest absolute Gasteiger partial charge is 0.467 e. The predicted molar refractivity (Wildman–Crippen MR) is 114 cm³/mol. The Labute approximate surface area is 192 Å². The summed E-state index contributed by atoms with van der Waals surface area (Å²) < 4.78 is 4.93. The van der Waals surface area contributed by atoms with Crippen molar-refractivity contribution in [2.45, 2.75) is 38.1 Å². The summed E-state index contributed by atoms with van der Waals surface area (Å²) in [6.07, 6.45) is 11.2.